The maximum absolute atomic E-state index is 10.8. The van der Waals surface area contributed by atoms with Crippen LogP contribution in [0.5, 0.6) is 0 Å². The number of aromatic nitrogens is 4. The summed E-state index contributed by atoms with van der Waals surface area (Å²) in [6, 6.07) is 0. The molecule has 3 rings (SSSR count). The van der Waals surface area contributed by atoms with Crippen LogP contribution >= 0.6 is 0 Å². The van der Waals surface area contributed by atoms with Crippen molar-refractivity contribution in [1.82, 2.24) is 20.0 Å². The van der Waals surface area contributed by atoms with Crippen molar-refractivity contribution in [2.24, 2.45) is 0 Å². The number of hydrogen-bond donors (Lipinski definition) is 2. The molecule has 9 heteroatoms. The molecular weight excluding hydrogens is 316 g/mol. The zero-order valence-corrected chi connectivity index (χ0v) is 13.3. The highest BCUT2D eigenvalue weighted by atomic mass is 16.5. The Labute approximate surface area is 138 Å². The van der Waals surface area contributed by atoms with Crippen molar-refractivity contribution in [2.75, 3.05) is 13.2 Å². The lowest BCUT2D eigenvalue weighted by Crippen LogP contribution is -2.18. The molecule has 0 saturated carbocycles. The second-order valence-electron chi connectivity index (χ2n) is 5.04. The van der Waals surface area contributed by atoms with Crippen LogP contribution in [-0.2, 0) is 9.47 Å². The summed E-state index contributed by atoms with van der Waals surface area (Å²) in [6.07, 6.45) is 8.78. The predicted octanol–water partition coefficient (Wildman–Crippen LogP) is 1.87. The number of ether oxygens (including phenoxy) is 2. The average molecular weight is 336 g/mol. The molecule has 3 heterocycles. The fourth-order valence-electron chi connectivity index (χ4n) is 2.12. The largest absolute Gasteiger partial charge is 0.478 e. The van der Waals surface area contributed by atoms with Gasteiger partial charge in [0.1, 0.15) is 6.23 Å². The molecule has 2 aromatic rings. The minimum atomic E-state index is -0.952. The summed E-state index contributed by atoms with van der Waals surface area (Å²) in [5.41, 5.74) is 0.668. The third-order valence-electron chi connectivity index (χ3n) is 3.31. The second kappa shape index (κ2) is 8.82. The summed E-state index contributed by atoms with van der Waals surface area (Å²) >= 11 is 0. The van der Waals surface area contributed by atoms with E-state index in [9.17, 15) is 9.59 Å². The van der Waals surface area contributed by atoms with Crippen LogP contribution in [-0.4, -0.2) is 50.2 Å². The van der Waals surface area contributed by atoms with Gasteiger partial charge < -0.3 is 14.6 Å². The number of aromatic carboxylic acids is 1. The van der Waals surface area contributed by atoms with Gasteiger partial charge in [0.05, 0.1) is 30.1 Å². The molecule has 0 radical (unpaired) electrons. The molecule has 0 bridgehead atoms. The number of esters is 1. The van der Waals surface area contributed by atoms with Crippen LogP contribution in [0.25, 0.3) is 0 Å². The fraction of sp³-hybridized carbons (Fsp3) is 0.467. The van der Waals surface area contributed by atoms with Crippen LogP contribution in [0.4, 0.5) is 0 Å². The zero-order chi connectivity index (χ0) is 17.4. The van der Waals surface area contributed by atoms with Crippen molar-refractivity contribution >= 4 is 11.9 Å². The lowest BCUT2D eigenvalue weighted by atomic mass is 10.2. The first-order valence-electron chi connectivity index (χ1n) is 7.66. The third-order valence-corrected chi connectivity index (χ3v) is 3.31. The summed E-state index contributed by atoms with van der Waals surface area (Å²) in [5.74, 6) is -1.29. The number of nitrogens with zero attached hydrogens (tertiary/aromatic N) is 3. The van der Waals surface area contributed by atoms with E-state index in [0.717, 1.165) is 25.9 Å². The van der Waals surface area contributed by atoms with Crippen LogP contribution in [0.1, 0.15) is 53.1 Å². The minimum absolute atomic E-state index is 0.0863. The summed E-state index contributed by atoms with van der Waals surface area (Å²) in [4.78, 5) is 21.4. The van der Waals surface area contributed by atoms with Gasteiger partial charge in [0.25, 0.3) is 0 Å². The molecule has 1 fully saturated rings. The zero-order valence-electron chi connectivity index (χ0n) is 13.3. The Hall–Kier alpha value is -2.68. The molecule has 9 nitrogen and oxygen atoms in total. The summed E-state index contributed by atoms with van der Waals surface area (Å²) in [6.45, 7) is 2.88. The smallest absolute Gasteiger partial charge is 0.341 e. The Morgan fingerprint density at radius 2 is 2.25 bits per heavy atom. The van der Waals surface area contributed by atoms with Gasteiger partial charge in [0, 0.05) is 19.0 Å². The van der Waals surface area contributed by atoms with Crippen molar-refractivity contribution in [3.63, 3.8) is 0 Å². The van der Waals surface area contributed by atoms with Crippen molar-refractivity contribution in [3.8, 4) is 0 Å². The van der Waals surface area contributed by atoms with Crippen molar-refractivity contribution in [1.29, 1.82) is 0 Å². The number of carboxylic acid groups (broad SMARTS) is 1. The molecule has 2 aromatic heterocycles. The molecule has 2 N–H and O–H groups in total. The number of carbonyl (C=O) groups is 2. The van der Waals surface area contributed by atoms with Crippen molar-refractivity contribution in [2.45, 2.75) is 32.4 Å². The molecule has 1 unspecified atom stereocenters. The van der Waals surface area contributed by atoms with E-state index in [1.807, 2.05) is 0 Å². The van der Waals surface area contributed by atoms with E-state index in [4.69, 9.17) is 9.84 Å². The van der Waals surface area contributed by atoms with Crippen LogP contribution in [0.15, 0.2) is 24.8 Å². The van der Waals surface area contributed by atoms with Crippen LogP contribution in [0.2, 0.25) is 0 Å². The average Bonchev–Trinajstić information content (AvgIpc) is 3.28. The highest BCUT2D eigenvalue weighted by Gasteiger charge is 2.17. The monoisotopic (exact) mass is 336 g/mol. The Morgan fingerprint density at radius 3 is 2.79 bits per heavy atom. The molecular formula is C15H20N4O5. The molecule has 0 amide bonds. The van der Waals surface area contributed by atoms with Gasteiger partial charge >= 0.3 is 11.9 Å². The molecule has 1 saturated heterocycles. The van der Waals surface area contributed by atoms with E-state index < -0.39 is 5.97 Å². The van der Waals surface area contributed by atoms with Crippen LogP contribution in [0.3, 0.4) is 0 Å². The molecule has 24 heavy (non-hydrogen) atoms. The topological polar surface area (TPSA) is 119 Å². The molecule has 130 valence electrons. The highest BCUT2D eigenvalue weighted by Crippen LogP contribution is 2.21. The summed E-state index contributed by atoms with van der Waals surface area (Å²) in [7, 11) is 0. The first kappa shape index (κ1) is 17.7. The van der Waals surface area contributed by atoms with Crippen molar-refractivity contribution < 1.29 is 24.2 Å². The highest BCUT2D eigenvalue weighted by molar-refractivity contribution is 5.88. The van der Waals surface area contributed by atoms with Gasteiger partial charge in [-0.1, -0.05) is 0 Å². The number of carboxylic acids is 1. The summed E-state index contributed by atoms with van der Waals surface area (Å²) < 4.78 is 11.7. The number of aromatic amines is 1. The lowest BCUT2D eigenvalue weighted by Gasteiger charge is -2.22. The maximum atomic E-state index is 10.8. The standard InChI is InChI=1S/C9H12N2O3.C6H8N2O2/c12-9(13)7-5-10-11(6-7)8-3-1-2-4-14-8;1-2-10-6(9)5-3-7-8-4-5/h5-6,8H,1-4H2,(H,12,13);3-4H,2H2,1H3,(H,7,8). The quantitative estimate of drug-likeness (QED) is 0.818. The normalized spacial score (nSPS) is 16.8. The van der Waals surface area contributed by atoms with E-state index in [0.29, 0.717) is 12.2 Å². The van der Waals surface area contributed by atoms with Gasteiger partial charge in [-0.15, -0.1) is 0 Å². The molecule has 0 aromatic carbocycles. The first-order chi connectivity index (χ1) is 11.6. The van der Waals surface area contributed by atoms with Gasteiger partial charge in [0.15, 0.2) is 0 Å². The van der Waals surface area contributed by atoms with E-state index in [-0.39, 0.29) is 17.8 Å². The lowest BCUT2D eigenvalue weighted by molar-refractivity contribution is -0.0395. The van der Waals surface area contributed by atoms with Crippen LogP contribution in [0, 0.1) is 0 Å². The molecule has 0 spiro atoms. The first-order valence-corrected chi connectivity index (χ1v) is 7.66. The molecule has 1 aliphatic heterocycles. The number of carbonyl (C=O) groups excluding carboxylic acids is 1. The second-order valence-corrected chi connectivity index (χ2v) is 5.04. The van der Waals surface area contributed by atoms with Crippen molar-refractivity contribution in [3.05, 3.63) is 35.9 Å². The number of H-pyrrole nitrogens is 1. The van der Waals surface area contributed by atoms with Gasteiger partial charge in [-0.2, -0.15) is 10.2 Å². The Balaban J connectivity index is 0.000000185. The SMILES string of the molecule is CCOC(=O)c1cn[nH]c1.O=C(O)c1cnn(C2CCCCO2)c1. The van der Waals surface area contributed by atoms with E-state index in [2.05, 4.69) is 20.0 Å². The van der Waals surface area contributed by atoms with Crippen LogP contribution < -0.4 is 0 Å². The fourth-order valence-corrected chi connectivity index (χ4v) is 2.12. The number of rotatable bonds is 4. The maximum Gasteiger partial charge on any atom is 0.341 e. The Morgan fingerprint density at radius 1 is 1.42 bits per heavy atom. The summed E-state index contributed by atoms with van der Waals surface area (Å²) in [5, 5.41) is 18.8. The molecule has 0 aliphatic carbocycles. The Kier molecular flexibility index (Phi) is 6.50. The Bertz CT molecular complexity index is 647. The van der Waals surface area contributed by atoms with Gasteiger partial charge in [-0.3, -0.25) is 5.10 Å². The van der Waals surface area contributed by atoms with E-state index >= 15 is 0 Å². The predicted molar refractivity (Wildman–Crippen MR) is 82.6 cm³/mol. The van der Waals surface area contributed by atoms with Gasteiger partial charge in [0.2, 0.25) is 0 Å². The molecule has 1 aliphatic rings. The molecule has 1 atom stereocenters. The number of nitrogens with one attached hydrogen (secondary N) is 1. The van der Waals surface area contributed by atoms with Gasteiger partial charge in [-0.05, 0) is 26.2 Å². The number of hydrogen-bond acceptors (Lipinski definition) is 6. The van der Waals surface area contributed by atoms with Gasteiger partial charge in [-0.25, -0.2) is 14.3 Å². The minimum Gasteiger partial charge on any atom is -0.478 e. The van der Waals surface area contributed by atoms with E-state index in [1.54, 1.807) is 11.6 Å². The van der Waals surface area contributed by atoms with E-state index in [1.165, 1.54) is 24.8 Å². The third kappa shape index (κ3) is 4.92.